The van der Waals surface area contributed by atoms with Crippen molar-refractivity contribution in [1.29, 1.82) is 0 Å². The van der Waals surface area contributed by atoms with Crippen LogP contribution < -0.4 is 10.6 Å². The number of nitrogens with zero attached hydrogens (tertiary/aromatic N) is 3. The van der Waals surface area contributed by atoms with Crippen molar-refractivity contribution >= 4 is 38.8 Å². The zero-order valence-corrected chi connectivity index (χ0v) is 13.8. The highest BCUT2D eigenvalue weighted by atomic mass is 79.9. The maximum atomic E-state index is 13.3. The molecule has 1 aliphatic heterocycles. The maximum absolute atomic E-state index is 13.3. The summed E-state index contributed by atoms with van der Waals surface area (Å²) in [6.07, 6.45) is 2.35. The number of hydrogen-bond donors (Lipinski definition) is 1. The summed E-state index contributed by atoms with van der Waals surface area (Å²) in [5, 5.41) is 0. The first-order valence-electron chi connectivity index (χ1n) is 6.54. The normalized spacial score (nSPS) is 17.6. The van der Waals surface area contributed by atoms with E-state index in [9.17, 15) is 4.39 Å². The number of hydrogen-bond acceptors (Lipinski definition) is 5. The van der Waals surface area contributed by atoms with Gasteiger partial charge in [-0.3, -0.25) is 0 Å². The lowest BCUT2D eigenvalue weighted by molar-refractivity contribution is 0.578. The highest BCUT2D eigenvalue weighted by Gasteiger charge is 2.24. The second-order valence-electron chi connectivity index (χ2n) is 4.82. The Morgan fingerprint density at radius 3 is 3.00 bits per heavy atom. The molecule has 0 saturated heterocycles. The molecule has 0 radical (unpaired) electrons. The molecule has 0 spiro atoms. The maximum Gasteiger partial charge on any atom is 0.213 e. The molecule has 1 aliphatic rings. The molecule has 0 fully saturated rings. The van der Waals surface area contributed by atoms with Crippen LogP contribution in [0.3, 0.4) is 0 Å². The van der Waals surface area contributed by atoms with Crippen LogP contribution >= 0.6 is 27.3 Å². The summed E-state index contributed by atoms with van der Waals surface area (Å²) in [7, 11) is 0. The number of pyridine rings is 1. The molecule has 0 bridgehead atoms. The Morgan fingerprint density at radius 2 is 2.29 bits per heavy atom. The van der Waals surface area contributed by atoms with E-state index in [1.165, 1.54) is 17.1 Å². The van der Waals surface area contributed by atoms with E-state index in [1.807, 2.05) is 13.0 Å². The van der Waals surface area contributed by atoms with E-state index in [-0.39, 0.29) is 6.17 Å². The van der Waals surface area contributed by atoms with Crippen molar-refractivity contribution in [3.05, 3.63) is 44.6 Å². The van der Waals surface area contributed by atoms with E-state index in [2.05, 4.69) is 36.9 Å². The topological polar surface area (TPSA) is 54.5 Å². The van der Waals surface area contributed by atoms with Gasteiger partial charge in [0.15, 0.2) is 0 Å². The first-order chi connectivity index (χ1) is 10.0. The first kappa shape index (κ1) is 14.5. The van der Waals surface area contributed by atoms with Gasteiger partial charge in [-0.25, -0.2) is 9.98 Å². The molecule has 1 atom stereocenters. The number of amidine groups is 1. The van der Waals surface area contributed by atoms with Crippen LogP contribution in [0.15, 0.2) is 33.2 Å². The lowest BCUT2D eigenvalue weighted by atomic mass is 10.1. The van der Waals surface area contributed by atoms with Crippen molar-refractivity contribution in [1.82, 2.24) is 4.98 Å². The number of aliphatic imine (C=N–C) groups is 1. The molecule has 0 aromatic carbocycles. The van der Waals surface area contributed by atoms with E-state index in [0.717, 1.165) is 22.4 Å². The average Bonchev–Trinajstić information content (AvgIpc) is 2.85. The summed E-state index contributed by atoms with van der Waals surface area (Å²) in [4.78, 5) is 11.5. The third-order valence-electron chi connectivity index (χ3n) is 3.44. The Labute approximate surface area is 134 Å². The molecule has 7 heteroatoms. The molecule has 2 aromatic rings. The minimum Gasteiger partial charge on any atom is -0.383 e. The van der Waals surface area contributed by atoms with Gasteiger partial charge in [-0.15, -0.1) is 11.3 Å². The number of thiophene rings is 1. The first-order valence-corrected chi connectivity index (χ1v) is 8.15. The van der Waals surface area contributed by atoms with E-state index in [4.69, 9.17) is 5.73 Å². The van der Waals surface area contributed by atoms with Gasteiger partial charge in [-0.1, -0.05) is 0 Å². The zero-order valence-electron chi connectivity index (χ0n) is 11.4. The van der Waals surface area contributed by atoms with E-state index in [0.29, 0.717) is 11.4 Å². The Hall–Kier alpha value is -1.47. The fraction of sp³-hybridized carbons (Fsp3) is 0.286. The summed E-state index contributed by atoms with van der Waals surface area (Å²) < 4.78 is 14.4. The van der Waals surface area contributed by atoms with Crippen LogP contribution in [0.5, 0.6) is 0 Å². The van der Waals surface area contributed by atoms with Crippen LogP contribution in [0.4, 0.5) is 10.1 Å². The van der Waals surface area contributed by atoms with Crippen LogP contribution in [0.2, 0.25) is 0 Å². The van der Waals surface area contributed by atoms with Crippen molar-refractivity contribution in [2.75, 3.05) is 11.4 Å². The minimum absolute atomic E-state index is 0.0758. The number of aromatic nitrogens is 1. The Balaban J connectivity index is 1.85. The van der Waals surface area contributed by atoms with Gasteiger partial charge in [-0.2, -0.15) is 4.39 Å². The number of anilines is 1. The highest BCUT2D eigenvalue weighted by molar-refractivity contribution is 9.11. The molecule has 0 amide bonds. The standard InChI is InChI=1S/C14H14BrFN4S/c1-8-19-14(17)10-6-13(16)18-7-11(10)20(8)5-4-9-2-3-12(15)21-9/h2-3,6-8H,4-5H2,1H3,(H2,17,19). The Kier molecular flexibility index (Phi) is 3.95. The third kappa shape index (κ3) is 2.94. The molecule has 21 heavy (non-hydrogen) atoms. The molecule has 1 unspecified atom stereocenters. The van der Waals surface area contributed by atoms with E-state index in [1.54, 1.807) is 11.3 Å². The van der Waals surface area contributed by atoms with Crippen LogP contribution in [0.25, 0.3) is 0 Å². The van der Waals surface area contributed by atoms with Gasteiger partial charge in [0.25, 0.3) is 0 Å². The SMILES string of the molecule is CC1N=C(N)c2cc(F)ncc2N1CCc1ccc(Br)s1. The fourth-order valence-corrected chi connectivity index (χ4v) is 3.89. The summed E-state index contributed by atoms with van der Waals surface area (Å²) in [6.45, 7) is 2.76. The van der Waals surface area contributed by atoms with Gasteiger partial charge in [-0.05, 0) is 41.4 Å². The Bertz CT molecular complexity index is 700. The molecule has 110 valence electrons. The molecule has 2 aromatic heterocycles. The van der Waals surface area contributed by atoms with Gasteiger partial charge >= 0.3 is 0 Å². The van der Waals surface area contributed by atoms with Gasteiger partial charge in [0.1, 0.15) is 12.0 Å². The Morgan fingerprint density at radius 1 is 1.48 bits per heavy atom. The summed E-state index contributed by atoms with van der Waals surface area (Å²) >= 11 is 5.18. The minimum atomic E-state index is -0.538. The molecular weight excluding hydrogens is 355 g/mol. The van der Waals surface area contributed by atoms with Crippen LogP contribution in [0, 0.1) is 5.95 Å². The van der Waals surface area contributed by atoms with Crippen molar-refractivity contribution in [3.63, 3.8) is 0 Å². The van der Waals surface area contributed by atoms with Crippen molar-refractivity contribution in [3.8, 4) is 0 Å². The molecule has 2 N–H and O–H groups in total. The van der Waals surface area contributed by atoms with Crippen molar-refractivity contribution in [2.24, 2.45) is 10.7 Å². The fourth-order valence-electron chi connectivity index (χ4n) is 2.42. The van der Waals surface area contributed by atoms with Crippen LogP contribution in [0.1, 0.15) is 17.4 Å². The van der Waals surface area contributed by atoms with Gasteiger partial charge in [0, 0.05) is 23.1 Å². The van der Waals surface area contributed by atoms with Crippen LogP contribution in [-0.2, 0) is 6.42 Å². The molecule has 0 saturated carbocycles. The third-order valence-corrected chi connectivity index (χ3v) is 5.12. The quantitative estimate of drug-likeness (QED) is 0.846. The molecular formula is C14H14BrFN4S. The lowest BCUT2D eigenvalue weighted by Gasteiger charge is -2.33. The number of nitrogens with two attached hydrogens (primary N) is 1. The molecule has 0 aliphatic carbocycles. The summed E-state index contributed by atoms with van der Waals surface area (Å²) in [6, 6.07) is 5.49. The van der Waals surface area contributed by atoms with Gasteiger partial charge in [0.05, 0.1) is 15.7 Å². The van der Waals surface area contributed by atoms with Gasteiger partial charge in [0.2, 0.25) is 5.95 Å². The molecule has 3 heterocycles. The second-order valence-corrected chi connectivity index (χ2v) is 7.37. The van der Waals surface area contributed by atoms with Crippen molar-refractivity contribution < 1.29 is 4.39 Å². The zero-order chi connectivity index (χ0) is 15.0. The monoisotopic (exact) mass is 368 g/mol. The van der Waals surface area contributed by atoms with Gasteiger partial charge < -0.3 is 10.6 Å². The van der Waals surface area contributed by atoms with Crippen LogP contribution in [-0.4, -0.2) is 23.5 Å². The van der Waals surface area contributed by atoms with E-state index < -0.39 is 5.95 Å². The smallest absolute Gasteiger partial charge is 0.213 e. The highest BCUT2D eigenvalue weighted by Crippen LogP contribution is 2.28. The molecule has 4 nitrogen and oxygen atoms in total. The predicted molar refractivity (Wildman–Crippen MR) is 87.5 cm³/mol. The summed E-state index contributed by atoms with van der Waals surface area (Å²) in [5.41, 5.74) is 7.36. The lowest BCUT2D eigenvalue weighted by Crippen LogP contribution is -2.40. The second kappa shape index (κ2) is 5.73. The number of rotatable bonds is 3. The van der Waals surface area contributed by atoms with Crippen molar-refractivity contribution in [2.45, 2.75) is 19.5 Å². The van der Waals surface area contributed by atoms with E-state index >= 15 is 0 Å². The number of fused-ring (bicyclic) bond motifs is 1. The molecule has 3 rings (SSSR count). The average molecular weight is 369 g/mol. The number of halogens is 2. The predicted octanol–water partition coefficient (Wildman–Crippen LogP) is 3.16. The summed E-state index contributed by atoms with van der Waals surface area (Å²) in [5.74, 6) is -0.169. The largest absolute Gasteiger partial charge is 0.383 e.